The van der Waals surface area contributed by atoms with Crippen LogP contribution in [0.2, 0.25) is 5.02 Å². The molecule has 1 aromatic rings. The molecule has 0 amide bonds. The van der Waals surface area contributed by atoms with Crippen molar-refractivity contribution in [2.45, 2.75) is 34.2 Å². The first-order chi connectivity index (χ1) is 6.88. The van der Waals surface area contributed by atoms with Crippen LogP contribution >= 0.6 is 11.6 Å². The molecule has 1 N–H and O–H groups in total. The Kier molecular flexibility index (Phi) is 4.18. The van der Waals surface area contributed by atoms with E-state index in [-0.39, 0.29) is 0 Å². The van der Waals surface area contributed by atoms with Crippen molar-refractivity contribution in [1.29, 1.82) is 0 Å². The highest BCUT2D eigenvalue weighted by Gasteiger charge is 2.09. The van der Waals surface area contributed by atoms with Gasteiger partial charge in [-0.15, -0.1) is 0 Å². The summed E-state index contributed by atoms with van der Waals surface area (Å²) >= 11 is 6.14. The van der Waals surface area contributed by atoms with Gasteiger partial charge in [-0.1, -0.05) is 44.5 Å². The Hall–Kier alpha value is -0.530. The molecule has 0 atom stereocenters. The molecule has 1 nitrogen and oxygen atoms in total. The van der Waals surface area contributed by atoms with Gasteiger partial charge in [-0.05, 0) is 29.5 Å². The highest BCUT2D eigenvalue weighted by atomic mass is 35.5. The Morgan fingerprint density at radius 3 is 2.47 bits per heavy atom. The lowest BCUT2D eigenvalue weighted by Gasteiger charge is -2.19. The molecule has 84 valence electrons. The molecule has 0 fully saturated rings. The third-order valence-electron chi connectivity index (χ3n) is 2.18. The van der Waals surface area contributed by atoms with Crippen LogP contribution in [-0.4, -0.2) is 6.54 Å². The van der Waals surface area contributed by atoms with Crippen LogP contribution in [-0.2, 0) is 6.54 Å². The van der Waals surface area contributed by atoms with Crippen molar-refractivity contribution in [3.63, 3.8) is 0 Å². The van der Waals surface area contributed by atoms with E-state index >= 15 is 0 Å². The van der Waals surface area contributed by atoms with Crippen LogP contribution in [0.4, 0.5) is 0 Å². The Morgan fingerprint density at radius 1 is 1.27 bits per heavy atom. The number of aryl methyl sites for hydroxylation is 1. The summed E-state index contributed by atoms with van der Waals surface area (Å²) < 4.78 is 0. The lowest BCUT2D eigenvalue weighted by Crippen LogP contribution is -2.26. The van der Waals surface area contributed by atoms with Crippen LogP contribution in [0.1, 0.15) is 31.9 Å². The van der Waals surface area contributed by atoms with E-state index in [2.05, 4.69) is 45.1 Å². The predicted molar refractivity (Wildman–Crippen MR) is 67.4 cm³/mol. The molecule has 0 aromatic heterocycles. The zero-order chi connectivity index (χ0) is 11.5. The van der Waals surface area contributed by atoms with E-state index in [4.69, 9.17) is 11.6 Å². The minimum Gasteiger partial charge on any atom is -0.312 e. The van der Waals surface area contributed by atoms with Gasteiger partial charge >= 0.3 is 0 Å². The van der Waals surface area contributed by atoms with E-state index in [1.807, 2.05) is 6.07 Å². The second-order valence-electron chi connectivity index (χ2n) is 5.26. The van der Waals surface area contributed by atoms with Crippen molar-refractivity contribution in [3.8, 4) is 0 Å². The van der Waals surface area contributed by atoms with Gasteiger partial charge in [0.25, 0.3) is 0 Å². The van der Waals surface area contributed by atoms with Gasteiger partial charge in [-0.2, -0.15) is 0 Å². The molecule has 0 bridgehead atoms. The Labute approximate surface area is 97.8 Å². The molecule has 0 radical (unpaired) electrons. The first-order valence-corrected chi connectivity index (χ1v) is 5.72. The Morgan fingerprint density at radius 2 is 1.93 bits per heavy atom. The summed E-state index contributed by atoms with van der Waals surface area (Å²) in [5, 5.41) is 4.28. The van der Waals surface area contributed by atoms with Gasteiger partial charge in [0.05, 0.1) is 0 Å². The van der Waals surface area contributed by atoms with Crippen LogP contribution < -0.4 is 5.32 Å². The molecule has 0 unspecified atom stereocenters. The lowest BCUT2D eigenvalue weighted by atomic mass is 9.97. The van der Waals surface area contributed by atoms with E-state index in [0.717, 1.165) is 18.1 Å². The highest BCUT2D eigenvalue weighted by molar-refractivity contribution is 6.31. The molecule has 15 heavy (non-hydrogen) atoms. The maximum Gasteiger partial charge on any atom is 0.0453 e. The minimum absolute atomic E-state index is 0.317. The third kappa shape index (κ3) is 4.67. The smallest absolute Gasteiger partial charge is 0.0453 e. The van der Waals surface area contributed by atoms with E-state index < -0.39 is 0 Å². The molecule has 1 aromatic carbocycles. The zero-order valence-electron chi connectivity index (χ0n) is 10.0. The van der Waals surface area contributed by atoms with Crippen molar-refractivity contribution < 1.29 is 0 Å². The second kappa shape index (κ2) is 5.00. The van der Waals surface area contributed by atoms with Gasteiger partial charge < -0.3 is 5.32 Å². The van der Waals surface area contributed by atoms with E-state index in [0.29, 0.717) is 5.41 Å². The first-order valence-electron chi connectivity index (χ1n) is 5.34. The lowest BCUT2D eigenvalue weighted by molar-refractivity contribution is 0.379. The molecule has 0 heterocycles. The maximum atomic E-state index is 6.14. The Bertz CT molecular complexity index is 326. The normalized spacial score (nSPS) is 11.8. The van der Waals surface area contributed by atoms with Crippen LogP contribution in [0.5, 0.6) is 0 Å². The summed E-state index contributed by atoms with van der Waals surface area (Å²) in [5.41, 5.74) is 2.70. The standard InChI is InChI=1S/C13H20ClN/c1-10-5-6-11(12(14)7-10)8-15-9-13(2,3)4/h5-7,15H,8-9H2,1-4H3. The molecular formula is C13H20ClN. The van der Waals surface area contributed by atoms with Gasteiger partial charge in [0.1, 0.15) is 0 Å². The molecule has 0 spiro atoms. The van der Waals surface area contributed by atoms with Gasteiger partial charge in [-0.3, -0.25) is 0 Å². The SMILES string of the molecule is Cc1ccc(CNCC(C)(C)C)c(Cl)c1. The van der Waals surface area contributed by atoms with Crippen molar-refractivity contribution in [1.82, 2.24) is 5.32 Å². The number of halogens is 1. The maximum absolute atomic E-state index is 6.14. The molecule has 0 aliphatic heterocycles. The fraction of sp³-hybridized carbons (Fsp3) is 0.538. The number of rotatable bonds is 3. The predicted octanol–water partition coefficient (Wildman–Crippen LogP) is 3.78. The Balaban J connectivity index is 2.51. The van der Waals surface area contributed by atoms with Gasteiger partial charge in [0.2, 0.25) is 0 Å². The monoisotopic (exact) mass is 225 g/mol. The topological polar surface area (TPSA) is 12.0 Å². The van der Waals surface area contributed by atoms with Crippen molar-refractivity contribution in [3.05, 3.63) is 34.3 Å². The van der Waals surface area contributed by atoms with Crippen molar-refractivity contribution >= 4 is 11.6 Å². The summed E-state index contributed by atoms with van der Waals surface area (Å²) in [4.78, 5) is 0. The van der Waals surface area contributed by atoms with E-state index in [1.165, 1.54) is 11.1 Å². The molecule has 0 aliphatic rings. The minimum atomic E-state index is 0.317. The average Bonchev–Trinajstić information content (AvgIpc) is 2.07. The van der Waals surface area contributed by atoms with Gasteiger partial charge in [0.15, 0.2) is 0 Å². The zero-order valence-corrected chi connectivity index (χ0v) is 10.8. The highest BCUT2D eigenvalue weighted by Crippen LogP contribution is 2.18. The second-order valence-corrected chi connectivity index (χ2v) is 5.67. The molecule has 0 saturated carbocycles. The van der Waals surface area contributed by atoms with Crippen LogP contribution in [0.3, 0.4) is 0 Å². The fourth-order valence-electron chi connectivity index (χ4n) is 1.37. The third-order valence-corrected chi connectivity index (χ3v) is 2.53. The van der Waals surface area contributed by atoms with Gasteiger partial charge in [-0.25, -0.2) is 0 Å². The van der Waals surface area contributed by atoms with Crippen LogP contribution in [0, 0.1) is 12.3 Å². The first kappa shape index (κ1) is 12.5. The fourth-order valence-corrected chi connectivity index (χ4v) is 1.67. The van der Waals surface area contributed by atoms with E-state index in [1.54, 1.807) is 0 Å². The summed E-state index contributed by atoms with van der Waals surface area (Å²) in [6.45, 7) is 10.6. The number of hydrogen-bond acceptors (Lipinski definition) is 1. The van der Waals surface area contributed by atoms with E-state index in [9.17, 15) is 0 Å². The largest absolute Gasteiger partial charge is 0.312 e. The summed E-state index contributed by atoms with van der Waals surface area (Å²) in [7, 11) is 0. The van der Waals surface area contributed by atoms with Gasteiger partial charge in [0, 0.05) is 18.1 Å². The molecule has 0 aliphatic carbocycles. The number of nitrogens with one attached hydrogen (secondary N) is 1. The molecular weight excluding hydrogens is 206 g/mol. The number of benzene rings is 1. The van der Waals surface area contributed by atoms with Crippen molar-refractivity contribution in [2.24, 2.45) is 5.41 Å². The number of hydrogen-bond donors (Lipinski definition) is 1. The van der Waals surface area contributed by atoms with Crippen LogP contribution in [0.15, 0.2) is 18.2 Å². The summed E-state index contributed by atoms with van der Waals surface area (Å²) in [6, 6.07) is 6.20. The average molecular weight is 226 g/mol. The van der Waals surface area contributed by atoms with Crippen LogP contribution in [0.25, 0.3) is 0 Å². The molecule has 1 rings (SSSR count). The summed E-state index contributed by atoms with van der Waals surface area (Å²) in [6.07, 6.45) is 0. The van der Waals surface area contributed by atoms with Crippen molar-refractivity contribution in [2.75, 3.05) is 6.54 Å². The quantitative estimate of drug-likeness (QED) is 0.826. The molecule has 2 heteroatoms. The summed E-state index contributed by atoms with van der Waals surface area (Å²) in [5.74, 6) is 0. The molecule has 0 saturated heterocycles.